The highest BCUT2D eigenvalue weighted by Crippen LogP contribution is 2.46. The SMILES string of the molecule is CC(=Nc1c(C(C)C)cccc1C(C)C)C(C)=Nc1c(C(c2ccc(F)cc2)c2ccc(F)cc2)cc(Cl)cc1C(c1ccc(F)cc1)c1ccc(F)cc1. The lowest BCUT2D eigenvalue weighted by Gasteiger charge is -2.27. The topological polar surface area (TPSA) is 24.7 Å². The Balaban J connectivity index is 1.69. The van der Waals surface area contributed by atoms with Crippen LogP contribution in [0.15, 0.2) is 137 Å². The first-order valence-electron chi connectivity index (χ1n) is 18.4. The summed E-state index contributed by atoms with van der Waals surface area (Å²) in [5.74, 6) is -2.27. The zero-order valence-electron chi connectivity index (χ0n) is 31.7. The van der Waals surface area contributed by atoms with E-state index in [2.05, 4.69) is 45.9 Å². The lowest BCUT2D eigenvalue weighted by Crippen LogP contribution is -2.11. The molecule has 0 N–H and O–H groups in total. The fraction of sp³-hybridized carbons (Fsp3) is 0.208. The van der Waals surface area contributed by atoms with E-state index in [1.807, 2.05) is 26.0 Å². The summed E-state index contributed by atoms with van der Waals surface area (Å²) in [6, 6.07) is 34.7. The molecule has 0 saturated carbocycles. The molecule has 0 saturated heterocycles. The maximum Gasteiger partial charge on any atom is 0.123 e. The van der Waals surface area contributed by atoms with Crippen molar-refractivity contribution in [3.05, 3.63) is 200 Å². The van der Waals surface area contributed by atoms with Crippen LogP contribution in [0.1, 0.15) is 110 Å². The van der Waals surface area contributed by atoms with Gasteiger partial charge in [-0.3, -0.25) is 9.98 Å². The molecule has 6 rings (SSSR count). The summed E-state index contributed by atoms with van der Waals surface area (Å²) in [5, 5.41) is 0.392. The molecule has 6 aromatic rings. The van der Waals surface area contributed by atoms with Gasteiger partial charge >= 0.3 is 0 Å². The minimum absolute atomic E-state index is 0.233. The Morgan fingerprint density at radius 3 is 0.982 bits per heavy atom. The molecule has 2 nitrogen and oxygen atoms in total. The molecule has 6 aromatic carbocycles. The van der Waals surface area contributed by atoms with Gasteiger partial charge in [-0.05, 0) is 131 Å². The van der Waals surface area contributed by atoms with Crippen LogP contribution in [0.25, 0.3) is 0 Å². The Labute approximate surface area is 326 Å². The molecule has 55 heavy (non-hydrogen) atoms. The molecule has 0 amide bonds. The predicted octanol–water partition coefficient (Wildman–Crippen LogP) is 14.4. The second-order valence-electron chi connectivity index (χ2n) is 14.5. The van der Waals surface area contributed by atoms with E-state index in [0.29, 0.717) is 33.3 Å². The van der Waals surface area contributed by atoms with Crippen molar-refractivity contribution in [1.82, 2.24) is 0 Å². The minimum Gasteiger partial charge on any atom is -0.251 e. The van der Waals surface area contributed by atoms with Gasteiger partial charge in [0.05, 0.1) is 22.8 Å². The molecule has 7 heteroatoms. The molecule has 0 unspecified atom stereocenters. The second kappa shape index (κ2) is 17.0. The summed E-state index contributed by atoms with van der Waals surface area (Å²) >= 11 is 7.05. The van der Waals surface area contributed by atoms with Crippen molar-refractivity contribution in [3.63, 3.8) is 0 Å². The maximum absolute atomic E-state index is 14.4. The highest BCUT2D eigenvalue weighted by Gasteiger charge is 2.28. The first kappa shape index (κ1) is 39.4. The lowest BCUT2D eigenvalue weighted by atomic mass is 9.79. The molecule has 0 spiro atoms. The molecule has 0 bridgehead atoms. The van der Waals surface area contributed by atoms with Crippen LogP contribution >= 0.6 is 11.6 Å². The van der Waals surface area contributed by atoms with E-state index in [-0.39, 0.29) is 11.8 Å². The lowest BCUT2D eigenvalue weighted by molar-refractivity contribution is 0.625. The highest BCUT2D eigenvalue weighted by atomic mass is 35.5. The van der Waals surface area contributed by atoms with Crippen molar-refractivity contribution in [3.8, 4) is 0 Å². The van der Waals surface area contributed by atoms with Crippen molar-refractivity contribution in [2.75, 3.05) is 0 Å². The summed E-state index contributed by atoms with van der Waals surface area (Å²) in [4.78, 5) is 10.6. The van der Waals surface area contributed by atoms with Crippen molar-refractivity contribution in [2.24, 2.45) is 9.98 Å². The average molecular weight is 759 g/mol. The molecule has 0 atom stereocenters. The summed E-state index contributed by atoms with van der Waals surface area (Å²) in [6.45, 7) is 12.4. The van der Waals surface area contributed by atoms with E-state index in [1.54, 1.807) is 48.5 Å². The zero-order chi connectivity index (χ0) is 39.4. The molecular formula is C48H43ClF4N2. The van der Waals surface area contributed by atoms with Crippen LogP contribution in [0.2, 0.25) is 5.02 Å². The molecule has 0 radical (unpaired) electrons. The first-order valence-corrected chi connectivity index (χ1v) is 18.8. The minimum atomic E-state index is -0.571. The zero-order valence-corrected chi connectivity index (χ0v) is 32.5. The number of halogens is 5. The van der Waals surface area contributed by atoms with Crippen LogP contribution in [0.5, 0.6) is 0 Å². The number of nitrogens with zero attached hydrogens (tertiary/aromatic N) is 2. The van der Waals surface area contributed by atoms with E-state index >= 15 is 0 Å². The van der Waals surface area contributed by atoms with Crippen LogP contribution in [0.4, 0.5) is 28.9 Å². The Morgan fingerprint density at radius 2 is 0.709 bits per heavy atom. The fourth-order valence-electron chi connectivity index (χ4n) is 7.07. The van der Waals surface area contributed by atoms with E-state index in [0.717, 1.165) is 39.1 Å². The highest BCUT2D eigenvalue weighted by molar-refractivity contribution is 6.41. The van der Waals surface area contributed by atoms with Gasteiger partial charge in [0.1, 0.15) is 23.3 Å². The number of rotatable bonds is 11. The van der Waals surface area contributed by atoms with E-state index < -0.39 is 35.1 Å². The first-order chi connectivity index (χ1) is 26.3. The molecular weight excluding hydrogens is 716 g/mol. The smallest absolute Gasteiger partial charge is 0.123 e. The maximum atomic E-state index is 14.4. The average Bonchev–Trinajstić information content (AvgIpc) is 3.15. The molecule has 0 aromatic heterocycles. The van der Waals surface area contributed by atoms with E-state index in [1.165, 1.54) is 48.5 Å². The van der Waals surface area contributed by atoms with Crippen molar-refractivity contribution in [2.45, 2.75) is 65.2 Å². The van der Waals surface area contributed by atoms with Gasteiger partial charge in [-0.2, -0.15) is 0 Å². The molecule has 0 aliphatic carbocycles. The van der Waals surface area contributed by atoms with Gasteiger partial charge in [0.25, 0.3) is 0 Å². The van der Waals surface area contributed by atoms with Crippen molar-refractivity contribution < 1.29 is 17.6 Å². The van der Waals surface area contributed by atoms with Crippen LogP contribution in [0, 0.1) is 23.3 Å². The van der Waals surface area contributed by atoms with Crippen LogP contribution in [-0.2, 0) is 0 Å². The van der Waals surface area contributed by atoms with Gasteiger partial charge < -0.3 is 0 Å². The molecule has 0 heterocycles. The monoisotopic (exact) mass is 758 g/mol. The number of hydrogen-bond acceptors (Lipinski definition) is 2. The van der Waals surface area contributed by atoms with Crippen molar-refractivity contribution in [1.29, 1.82) is 0 Å². The molecule has 0 aliphatic heterocycles. The molecule has 0 aliphatic rings. The van der Waals surface area contributed by atoms with Gasteiger partial charge in [0.2, 0.25) is 0 Å². The van der Waals surface area contributed by atoms with Gasteiger partial charge in [-0.15, -0.1) is 0 Å². The largest absolute Gasteiger partial charge is 0.251 e. The number of benzene rings is 6. The van der Waals surface area contributed by atoms with Crippen LogP contribution in [-0.4, -0.2) is 11.4 Å². The number of para-hydroxylation sites is 1. The van der Waals surface area contributed by atoms with Gasteiger partial charge in [-0.1, -0.05) is 106 Å². The summed E-state index contributed by atoms with van der Waals surface area (Å²) in [7, 11) is 0. The Morgan fingerprint density at radius 1 is 0.436 bits per heavy atom. The Bertz CT molecular complexity index is 2090. The third kappa shape index (κ3) is 8.98. The Hall–Kier alpha value is -5.33. The summed E-state index contributed by atoms with van der Waals surface area (Å²) < 4.78 is 57.6. The van der Waals surface area contributed by atoms with Gasteiger partial charge in [0.15, 0.2) is 0 Å². The standard InChI is InChI=1S/C48H43ClF4N2/c1-28(2)41-8-7-9-42(29(3)4)47(41)54-30(5)31(6)55-48-43(45(32-10-18-37(50)19-11-32)33-12-20-38(51)21-13-33)26-36(49)27-44(48)46(34-14-22-39(52)23-15-34)35-16-24-40(53)25-17-35/h7-29,45-46H,1-6H3. The van der Waals surface area contributed by atoms with Crippen molar-refractivity contribution >= 4 is 34.4 Å². The summed E-state index contributed by atoms with van der Waals surface area (Å²) in [6.07, 6.45) is 0. The van der Waals surface area contributed by atoms with E-state index in [9.17, 15) is 17.6 Å². The van der Waals surface area contributed by atoms with Gasteiger partial charge in [0, 0.05) is 16.9 Å². The predicted molar refractivity (Wildman–Crippen MR) is 219 cm³/mol. The van der Waals surface area contributed by atoms with E-state index in [4.69, 9.17) is 21.6 Å². The molecule has 280 valence electrons. The normalized spacial score (nSPS) is 12.4. The Kier molecular flexibility index (Phi) is 12.2. The van der Waals surface area contributed by atoms with Crippen LogP contribution in [0.3, 0.4) is 0 Å². The second-order valence-corrected chi connectivity index (χ2v) is 14.9. The quantitative estimate of drug-likeness (QED) is 0.0714. The van der Waals surface area contributed by atoms with Gasteiger partial charge in [-0.25, -0.2) is 17.6 Å². The number of hydrogen-bond donors (Lipinski definition) is 0. The third-order valence-electron chi connectivity index (χ3n) is 9.99. The molecule has 0 fully saturated rings. The number of aliphatic imine (C=N–C) groups is 2. The summed E-state index contributed by atoms with van der Waals surface area (Å²) in [5.41, 5.74) is 9.33. The third-order valence-corrected chi connectivity index (χ3v) is 10.2. The fourth-order valence-corrected chi connectivity index (χ4v) is 7.31. The van der Waals surface area contributed by atoms with Crippen LogP contribution < -0.4 is 0 Å².